The Hall–Kier alpha value is -3.96. The number of nitrogens with zero attached hydrogens (tertiary/aromatic N) is 1. The van der Waals surface area contributed by atoms with Crippen LogP contribution in [0.1, 0.15) is 87.5 Å². The molecule has 6 heteroatoms. The first-order chi connectivity index (χ1) is 21.6. The van der Waals surface area contributed by atoms with Crippen molar-refractivity contribution in [2.75, 3.05) is 13.2 Å². The number of benzene rings is 4. The van der Waals surface area contributed by atoms with E-state index in [0.717, 1.165) is 65.1 Å². The summed E-state index contributed by atoms with van der Waals surface area (Å²) in [6.45, 7) is 5.77. The molecule has 6 rings (SSSR count). The lowest BCUT2D eigenvalue weighted by Crippen LogP contribution is -2.40. The van der Waals surface area contributed by atoms with Crippen molar-refractivity contribution >= 4 is 23.2 Å². The minimum atomic E-state index is -1.00. The Morgan fingerprint density at radius 3 is 1.84 bits per heavy atom. The highest BCUT2D eigenvalue weighted by molar-refractivity contribution is 6.30. The highest BCUT2D eigenvalue weighted by Gasteiger charge is 2.50. The molecule has 0 fully saturated rings. The third-order valence-electron chi connectivity index (χ3n) is 8.26. The monoisotopic (exact) mass is 609 g/mol. The van der Waals surface area contributed by atoms with Crippen LogP contribution >= 0.6 is 11.6 Å². The lowest BCUT2D eigenvalue weighted by molar-refractivity contribution is 0.124. The zero-order valence-corrected chi connectivity index (χ0v) is 26.4. The van der Waals surface area contributed by atoms with E-state index in [9.17, 15) is 0 Å². The average Bonchev–Trinajstić information content (AvgIpc) is 3.05. The predicted octanol–water partition coefficient (Wildman–Crippen LogP) is 10.8. The molecule has 0 saturated heterocycles. The Balaban J connectivity index is 1.43. The van der Waals surface area contributed by atoms with Gasteiger partial charge in [-0.25, -0.2) is 4.99 Å². The fourth-order valence-electron chi connectivity index (χ4n) is 5.95. The quantitative estimate of drug-likeness (QED) is 0.141. The third-order valence-corrected chi connectivity index (χ3v) is 8.52. The van der Waals surface area contributed by atoms with Crippen molar-refractivity contribution in [2.45, 2.75) is 70.8 Å². The summed E-state index contributed by atoms with van der Waals surface area (Å²) in [4.78, 5) is 4.97. The van der Waals surface area contributed by atoms with Gasteiger partial charge in [0.05, 0.1) is 18.9 Å². The minimum Gasteiger partial charge on any atom is -0.493 e. The molecule has 5 nitrogen and oxygen atoms in total. The van der Waals surface area contributed by atoms with Gasteiger partial charge < -0.3 is 18.9 Å². The van der Waals surface area contributed by atoms with E-state index in [1.807, 2.05) is 66.7 Å². The molecular weight excluding hydrogens is 570 g/mol. The normalized spacial score (nSPS) is 14.0. The van der Waals surface area contributed by atoms with Gasteiger partial charge in [0.15, 0.2) is 5.60 Å². The summed E-state index contributed by atoms with van der Waals surface area (Å²) in [6.07, 6.45) is 9.19. The molecule has 228 valence electrons. The highest BCUT2D eigenvalue weighted by atomic mass is 35.5. The number of para-hydroxylation sites is 1. The molecule has 2 aliphatic heterocycles. The summed E-state index contributed by atoms with van der Waals surface area (Å²) >= 11 is 6.24. The van der Waals surface area contributed by atoms with Crippen LogP contribution in [0.15, 0.2) is 89.9 Å². The van der Waals surface area contributed by atoms with Crippen LogP contribution in [-0.4, -0.2) is 19.1 Å². The Labute approximate surface area is 265 Å². The van der Waals surface area contributed by atoms with Crippen LogP contribution < -0.4 is 14.2 Å². The van der Waals surface area contributed by atoms with Crippen molar-refractivity contribution in [1.82, 2.24) is 0 Å². The lowest BCUT2D eigenvalue weighted by atomic mass is 9.76. The van der Waals surface area contributed by atoms with E-state index >= 15 is 0 Å². The molecule has 44 heavy (non-hydrogen) atoms. The summed E-state index contributed by atoms with van der Waals surface area (Å²) in [6, 6.07) is 27.9. The van der Waals surface area contributed by atoms with Gasteiger partial charge in [-0.15, -0.1) is 0 Å². The lowest BCUT2D eigenvalue weighted by Gasteiger charge is -2.43. The summed E-state index contributed by atoms with van der Waals surface area (Å²) in [5, 5.41) is 0.659. The van der Waals surface area contributed by atoms with E-state index in [1.165, 1.54) is 25.7 Å². The van der Waals surface area contributed by atoms with Crippen LogP contribution in [-0.2, 0) is 10.3 Å². The summed E-state index contributed by atoms with van der Waals surface area (Å²) in [5.41, 5.74) is 3.42. The van der Waals surface area contributed by atoms with Gasteiger partial charge in [-0.05, 0) is 67.4 Å². The number of rotatable bonds is 13. The van der Waals surface area contributed by atoms with Gasteiger partial charge in [-0.2, -0.15) is 0 Å². The molecule has 0 aromatic heterocycles. The molecule has 0 atom stereocenters. The molecule has 0 unspecified atom stereocenters. The van der Waals surface area contributed by atoms with Gasteiger partial charge >= 0.3 is 0 Å². The molecular formula is C38H40ClNO4. The second-order valence-corrected chi connectivity index (χ2v) is 11.9. The zero-order chi connectivity index (χ0) is 30.4. The van der Waals surface area contributed by atoms with E-state index in [0.29, 0.717) is 35.6 Å². The number of halogens is 1. The van der Waals surface area contributed by atoms with E-state index in [1.54, 1.807) is 0 Å². The van der Waals surface area contributed by atoms with Crippen LogP contribution in [0.5, 0.6) is 23.0 Å². The maximum Gasteiger partial charge on any atom is 0.222 e. The minimum absolute atomic E-state index is 0.520. The molecule has 1 spiro atoms. The smallest absolute Gasteiger partial charge is 0.222 e. The van der Waals surface area contributed by atoms with Gasteiger partial charge in [-0.1, -0.05) is 82.2 Å². The number of hydrogen-bond acceptors (Lipinski definition) is 5. The first kappa shape index (κ1) is 30.1. The van der Waals surface area contributed by atoms with Gasteiger partial charge in [0.25, 0.3) is 0 Å². The van der Waals surface area contributed by atoms with Crippen molar-refractivity contribution in [3.05, 3.63) is 112 Å². The average molecular weight is 610 g/mol. The molecule has 2 heterocycles. The predicted molar refractivity (Wildman–Crippen MR) is 177 cm³/mol. The SMILES string of the molecule is CCCCCCOc1ccc2c(c1)Oc1cc(OCCCCCC)ccc1C21OC(c2ccc(Cl)cc2)=Nc2ccccc21. The Kier molecular flexibility index (Phi) is 9.42. The highest BCUT2D eigenvalue weighted by Crippen LogP contribution is 2.57. The summed E-state index contributed by atoms with van der Waals surface area (Å²) in [5.74, 6) is 3.45. The number of fused-ring (bicyclic) bond motifs is 6. The van der Waals surface area contributed by atoms with Crippen molar-refractivity contribution < 1.29 is 18.9 Å². The Morgan fingerprint density at radius 2 is 1.25 bits per heavy atom. The molecule has 0 saturated carbocycles. The molecule has 0 N–H and O–H groups in total. The van der Waals surface area contributed by atoms with Gasteiger partial charge in [0.2, 0.25) is 5.90 Å². The Bertz CT molecular complexity index is 1550. The largest absolute Gasteiger partial charge is 0.493 e. The molecule has 4 aromatic rings. The van der Waals surface area contributed by atoms with Crippen LogP contribution in [0.25, 0.3) is 0 Å². The fraction of sp³-hybridized carbons (Fsp3) is 0.342. The second-order valence-electron chi connectivity index (χ2n) is 11.5. The van der Waals surface area contributed by atoms with Crippen LogP contribution in [0.3, 0.4) is 0 Å². The number of aliphatic imine (C=N–C) groups is 1. The number of ether oxygens (including phenoxy) is 4. The van der Waals surface area contributed by atoms with Crippen LogP contribution in [0.4, 0.5) is 5.69 Å². The molecule has 0 aliphatic carbocycles. The van der Waals surface area contributed by atoms with Crippen molar-refractivity contribution in [3.8, 4) is 23.0 Å². The fourth-order valence-corrected chi connectivity index (χ4v) is 6.08. The number of hydrogen-bond donors (Lipinski definition) is 0. The summed E-state index contributed by atoms with van der Waals surface area (Å²) in [7, 11) is 0. The van der Waals surface area contributed by atoms with Crippen molar-refractivity contribution in [3.63, 3.8) is 0 Å². The van der Waals surface area contributed by atoms with E-state index in [-0.39, 0.29) is 0 Å². The molecule has 0 amide bonds. The first-order valence-electron chi connectivity index (χ1n) is 16.0. The molecule has 0 radical (unpaired) electrons. The zero-order valence-electron chi connectivity index (χ0n) is 25.6. The van der Waals surface area contributed by atoms with Crippen molar-refractivity contribution in [1.29, 1.82) is 0 Å². The third kappa shape index (κ3) is 6.16. The standard InChI is InChI=1S/C38H40ClNO4/c1-3-5-7-11-23-41-29-19-21-32-35(25-29)43-36-26-30(42-24-12-8-6-4-2)20-22-33(36)38(32)31-13-9-10-14-34(31)40-37(44-38)27-15-17-28(39)18-16-27/h9-10,13-22,25-26H,3-8,11-12,23-24H2,1-2H3. The van der Waals surface area contributed by atoms with Crippen LogP contribution in [0.2, 0.25) is 5.02 Å². The van der Waals surface area contributed by atoms with E-state index in [4.69, 9.17) is 35.5 Å². The van der Waals surface area contributed by atoms with Crippen LogP contribution in [0, 0.1) is 0 Å². The Morgan fingerprint density at radius 1 is 0.659 bits per heavy atom. The van der Waals surface area contributed by atoms with E-state index in [2.05, 4.69) is 32.0 Å². The topological polar surface area (TPSA) is 49.3 Å². The first-order valence-corrected chi connectivity index (χ1v) is 16.4. The molecule has 0 bridgehead atoms. The van der Waals surface area contributed by atoms with Gasteiger partial charge in [-0.3, -0.25) is 0 Å². The maximum atomic E-state index is 7.10. The maximum absolute atomic E-state index is 7.10. The second kappa shape index (κ2) is 13.8. The van der Waals surface area contributed by atoms with E-state index < -0.39 is 5.60 Å². The number of unbranched alkanes of at least 4 members (excludes halogenated alkanes) is 6. The summed E-state index contributed by atoms with van der Waals surface area (Å²) < 4.78 is 26.1. The molecule has 2 aliphatic rings. The van der Waals surface area contributed by atoms with Gasteiger partial charge in [0.1, 0.15) is 23.0 Å². The van der Waals surface area contributed by atoms with Crippen molar-refractivity contribution in [2.24, 2.45) is 4.99 Å². The van der Waals surface area contributed by atoms with Gasteiger partial charge in [0, 0.05) is 39.4 Å². The molecule has 4 aromatic carbocycles.